The number of hydrogen-bond acceptors (Lipinski definition) is 2. The molecule has 1 amide bonds. The average Bonchev–Trinajstić information content (AvgIpc) is 3.04. The molecule has 1 saturated heterocycles. The Hall–Kier alpha value is -2.07. The summed E-state index contributed by atoms with van der Waals surface area (Å²) in [4.78, 5) is 20.2. The Morgan fingerprint density at radius 3 is 2.64 bits per heavy atom. The van der Waals surface area contributed by atoms with Crippen molar-refractivity contribution in [3.05, 3.63) is 59.4 Å². The molecule has 0 unspecified atom stereocenters. The predicted octanol–water partition coefficient (Wildman–Crippen LogP) is 2.71. The molecule has 1 aromatic carbocycles. The number of likely N-dealkylation sites (N-methyl/N-ethyl adjacent to an activating group) is 1. The van der Waals surface area contributed by atoms with Crippen molar-refractivity contribution in [3.8, 4) is 0 Å². The minimum atomic E-state index is 0.105. The lowest BCUT2D eigenvalue weighted by atomic mass is 10.0. The number of aromatic amines is 1. The Kier molecular flexibility index (Phi) is 4.29. The fourth-order valence-electron chi connectivity index (χ4n) is 3.03. The molecule has 1 atom stereocenters. The number of benzene rings is 1. The summed E-state index contributed by atoms with van der Waals surface area (Å²) >= 11 is 0. The highest BCUT2D eigenvalue weighted by Gasteiger charge is 2.29. The molecule has 0 aliphatic carbocycles. The number of carbonyl (C=O) groups excluding carboxylic acids is 1. The zero-order valence-electron chi connectivity index (χ0n) is 13.2. The maximum absolute atomic E-state index is 12.7. The number of rotatable bonds is 3. The fourth-order valence-corrected chi connectivity index (χ4v) is 3.03. The van der Waals surface area contributed by atoms with Gasteiger partial charge in [-0.25, -0.2) is 0 Å². The lowest BCUT2D eigenvalue weighted by Crippen LogP contribution is -2.49. The van der Waals surface area contributed by atoms with E-state index >= 15 is 0 Å². The number of carbonyl (C=O) groups is 1. The van der Waals surface area contributed by atoms with E-state index in [0.29, 0.717) is 5.69 Å². The van der Waals surface area contributed by atoms with Gasteiger partial charge in [-0.15, -0.1) is 0 Å². The third kappa shape index (κ3) is 2.92. The van der Waals surface area contributed by atoms with Crippen LogP contribution in [0.2, 0.25) is 0 Å². The smallest absolute Gasteiger partial charge is 0.270 e. The van der Waals surface area contributed by atoms with Gasteiger partial charge < -0.3 is 9.88 Å². The highest BCUT2D eigenvalue weighted by molar-refractivity contribution is 5.92. The van der Waals surface area contributed by atoms with E-state index in [1.54, 1.807) is 0 Å². The highest BCUT2D eigenvalue weighted by Crippen LogP contribution is 2.24. The van der Waals surface area contributed by atoms with Gasteiger partial charge in [0.2, 0.25) is 0 Å². The molecule has 4 nitrogen and oxygen atoms in total. The van der Waals surface area contributed by atoms with Gasteiger partial charge in [0.15, 0.2) is 0 Å². The van der Waals surface area contributed by atoms with Crippen molar-refractivity contribution in [2.75, 3.05) is 26.7 Å². The van der Waals surface area contributed by atoms with E-state index < -0.39 is 0 Å². The number of aromatic nitrogens is 1. The Morgan fingerprint density at radius 1 is 1.18 bits per heavy atom. The van der Waals surface area contributed by atoms with Crippen LogP contribution < -0.4 is 0 Å². The van der Waals surface area contributed by atoms with Crippen LogP contribution in [0.15, 0.2) is 42.5 Å². The monoisotopic (exact) mass is 297 g/mol. The van der Waals surface area contributed by atoms with Gasteiger partial charge in [0.25, 0.3) is 5.91 Å². The van der Waals surface area contributed by atoms with Gasteiger partial charge in [-0.05, 0) is 31.2 Å². The third-order valence-corrected chi connectivity index (χ3v) is 4.48. The van der Waals surface area contributed by atoms with Gasteiger partial charge in [0, 0.05) is 25.3 Å². The number of amides is 1. The van der Waals surface area contributed by atoms with E-state index in [9.17, 15) is 4.79 Å². The summed E-state index contributed by atoms with van der Waals surface area (Å²) < 4.78 is 0. The van der Waals surface area contributed by atoms with Gasteiger partial charge >= 0.3 is 0 Å². The predicted molar refractivity (Wildman–Crippen MR) is 87.9 cm³/mol. The van der Waals surface area contributed by atoms with Gasteiger partial charge in [-0.3, -0.25) is 9.69 Å². The summed E-state index contributed by atoms with van der Waals surface area (Å²) in [7, 11) is 2.13. The first-order chi connectivity index (χ1) is 10.7. The van der Waals surface area contributed by atoms with Crippen LogP contribution >= 0.6 is 0 Å². The maximum atomic E-state index is 12.7. The summed E-state index contributed by atoms with van der Waals surface area (Å²) in [6, 6.07) is 14.6. The van der Waals surface area contributed by atoms with Crippen LogP contribution in [-0.2, 0) is 6.42 Å². The van der Waals surface area contributed by atoms with Crippen molar-refractivity contribution in [1.82, 2.24) is 14.8 Å². The first-order valence-electron chi connectivity index (χ1n) is 7.91. The molecule has 22 heavy (non-hydrogen) atoms. The van der Waals surface area contributed by atoms with E-state index in [1.807, 2.05) is 23.1 Å². The van der Waals surface area contributed by atoms with Crippen LogP contribution in [0.25, 0.3) is 0 Å². The van der Waals surface area contributed by atoms with Gasteiger partial charge in [-0.1, -0.05) is 37.3 Å². The molecular formula is C18H23N3O. The molecule has 0 bridgehead atoms. The molecule has 3 rings (SSSR count). The average molecular weight is 297 g/mol. The zero-order valence-corrected chi connectivity index (χ0v) is 13.2. The minimum absolute atomic E-state index is 0.105. The van der Waals surface area contributed by atoms with Gasteiger partial charge in [0.1, 0.15) is 5.69 Å². The SMILES string of the molecule is CCc1ccc(C(=O)N2CCN(C)[C@@H](c3ccccc3)C2)[nH]1. The zero-order chi connectivity index (χ0) is 15.5. The minimum Gasteiger partial charge on any atom is -0.354 e. The largest absolute Gasteiger partial charge is 0.354 e. The normalized spacial score (nSPS) is 19.4. The van der Waals surface area contributed by atoms with Crippen molar-refractivity contribution in [1.29, 1.82) is 0 Å². The summed E-state index contributed by atoms with van der Waals surface area (Å²) in [5, 5.41) is 0. The Labute approximate surface area is 131 Å². The van der Waals surface area contributed by atoms with Crippen LogP contribution in [0.4, 0.5) is 0 Å². The topological polar surface area (TPSA) is 39.3 Å². The first kappa shape index (κ1) is 14.9. The van der Waals surface area contributed by atoms with Gasteiger partial charge in [-0.2, -0.15) is 0 Å². The van der Waals surface area contributed by atoms with E-state index in [-0.39, 0.29) is 11.9 Å². The molecule has 1 aliphatic rings. The fraction of sp³-hybridized carbons (Fsp3) is 0.389. The maximum Gasteiger partial charge on any atom is 0.270 e. The molecule has 4 heteroatoms. The second-order valence-electron chi connectivity index (χ2n) is 5.91. The van der Waals surface area contributed by atoms with Crippen molar-refractivity contribution in [3.63, 3.8) is 0 Å². The van der Waals surface area contributed by atoms with E-state index in [1.165, 1.54) is 5.56 Å². The molecule has 1 fully saturated rings. The molecule has 0 saturated carbocycles. The standard InChI is InChI=1S/C18H23N3O/c1-3-15-9-10-16(19-15)18(22)21-12-11-20(2)17(13-21)14-7-5-4-6-8-14/h4-10,17,19H,3,11-13H2,1-2H3/t17-/m1/s1. The highest BCUT2D eigenvalue weighted by atomic mass is 16.2. The van der Waals surface area contributed by atoms with Crippen molar-refractivity contribution >= 4 is 5.91 Å². The molecule has 1 aromatic heterocycles. The van der Waals surface area contributed by atoms with Crippen LogP contribution in [-0.4, -0.2) is 47.4 Å². The van der Waals surface area contributed by atoms with Crippen LogP contribution in [0, 0.1) is 0 Å². The third-order valence-electron chi connectivity index (χ3n) is 4.48. The Balaban J connectivity index is 1.76. The molecule has 0 spiro atoms. The molecule has 1 N–H and O–H groups in total. The van der Waals surface area contributed by atoms with E-state index in [2.05, 4.69) is 48.1 Å². The quantitative estimate of drug-likeness (QED) is 0.946. The molecule has 0 radical (unpaired) electrons. The first-order valence-corrected chi connectivity index (χ1v) is 7.91. The van der Waals surface area contributed by atoms with Crippen LogP contribution in [0.1, 0.15) is 34.7 Å². The van der Waals surface area contributed by atoms with E-state index in [4.69, 9.17) is 0 Å². The number of aryl methyl sites for hydroxylation is 1. The van der Waals surface area contributed by atoms with Crippen molar-refractivity contribution in [2.45, 2.75) is 19.4 Å². The van der Waals surface area contributed by atoms with Crippen molar-refractivity contribution in [2.24, 2.45) is 0 Å². The second kappa shape index (κ2) is 6.36. The number of piperazine rings is 1. The molecule has 116 valence electrons. The molecular weight excluding hydrogens is 274 g/mol. The Bertz CT molecular complexity index is 635. The summed E-state index contributed by atoms with van der Waals surface area (Å²) in [6.45, 7) is 4.49. The Morgan fingerprint density at radius 2 is 1.95 bits per heavy atom. The number of nitrogens with one attached hydrogen (secondary N) is 1. The molecule has 1 aliphatic heterocycles. The number of nitrogens with zero attached hydrogens (tertiary/aromatic N) is 2. The van der Waals surface area contributed by atoms with Gasteiger partial charge in [0.05, 0.1) is 6.04 Å². The number of hydrogen-bond donors (Lipinski definition) is 1. The summed E-state index contributed by atoms with van der Waals surface area (Å²) in [5.41, 5.74) is 3.08. The lowest BCUT2D eigenvalue weighted by molar-refractivity contribution is 0.0541. The van der Waals surface area contributed by atoms with Crippen LogP contribution in [0.3, 0.4) is 0 Å². The van der Waals surface area contributed by atoms with E-state index in [0.717, 1.165) is 31.7 Å². The number of H-pyrrole nitrogens is 1. The lowest BCUT2D eigenvalue weighted by Gasteiger charge is -2.39. The molecule has 2 aromatic rings. The van der Waals surface area contributed by atoms with Crippen molar-refractivity contribution < 1.29 is 4.79 Å². The van der Waals surface area contributed by atoms with Crippen LogP contribution in [0.5, 0.6) is 0 Å². The summed E-state index contributed by atoms with van der Waals surface area (Å²) in [6.07, 6.45) is 0.919. The summed E-state index contributed by atoms with van der Waals surface area (Å²) in [5.74, 6) is 0.105. The second-order valence-corrected chi connectivity index (χ2v) is 5.91. The molecule has 2 heterocycles.